The van der Waals surface area contributed by atoms with Crippen LogP contribution in [0.2, 0.25) is 0 Å². The number of benzene rings is 2. The number of hydrogen-bond donors (Lipinski definition) is 1. The quantitative estimate of drug-likeness (QED) is 0.445. The number of hydrogen-bond acceptors (Lipinski definition) is 9. The number of nitrogens with zero attached hydrogens (tertiary/aromatic N) is 3. The van der Waals surface area contributed by atoms with Crippen LogP contribution in [0, 0.1) is 11.3 Å². The topological polar surface area (TPSA) is 143 Å². The molecule has 2 N–H and O–H groups in total. The van der Waals surface area contributed by atoms with Gasteiger partial charge in [0.25, 0.3) is 11.8 Å². The zero-order chi connectivity index (χ0) is 28.6. The van der Waals surface area contributed by atoms with Crippen LogP contribution in [0.25, 0.3) is 0 Å². The molecule has 1 fully saturated rings. The molecule has 5 rings (SSSR count). The van der Waals surface area contributed by atoms with Gasteiger partial charge in [-0.05, 0) is 36.6 Å². The Morgan fingerprint density at radius 2 is 1.57 bits per heavy atom. The van der Waals surface area contributed by atoms with Gasteiger partial charge in [0.15, 0.2) is 0 Å². The molecule has 2 aliphatic heterocycles. The van der Waals surface area contributed by atoms with E-state index in [1.54, 1.807) is 30.3 Å². The van der Waals surface area contributed by atoms with Gasteiger partial charge in [-0.3, -0.25) is 19.4 Å². The summed E-state index contributed by atoms with van der Waals surface area (Å²) in [5, 5.41) is 10.2. The number of nitrogens with two attached hydrogens (primary N) is 1. The molecule has 2 aromatic carbocycles. The monoisotopic (exact) mass is 540 g/mol. The molecule has 2 aromatic rings. The molecule has 40 heavy (non-hydrogen) atoms. The number of esters is 2. The maximum absolute atomic E-state index is 13.5. The minimum atomic E-state index is -1.01. The number of rotatable bonds is 5. The van der Waals surface area contributed by atoms with Gasteiger partial charge in [-0.1, -0.05) is 49.6 Å². The molecule has 1 saturated carbocycles. The smallest absolute Gasteiger partial charge is 0.355 e. The Balaban J connectivity index is 1.69. The summed E-state index contributed by atoms with van der Waals surface area (Å²) in [5.74, 6) is -3.66. The molecule has 10 heteroatoms. The van der Waals surface area contributed by atoms with Crippen LogP contribution in [0.4, 0.5) is 5.69 Å². The van der Waals surface area contributed by atoms with E-state index in [9.17, 15) is 24.4 Å². The standard InChI is InChI=1S/C30H28N4O6/c1-39-29(37)24-23(17-9-5-3-6-10-17)22(16-31)26(32)33(25(24)30(38)40-2)19-13-14-20-21(15-19)28(36)34(27(20)35)18-11-7-4-8-12-18/h3,5-6,9-10,13-15,18,23H,4,7-8,11-12,32H2,1-2H3. The number of ether oxygens (including phenoxy) is 2. The number of methoxy groups -OCH3 is 2. The summed E-state index contributed by atoms with van der Waals surface area (Å²) < 4.78 is 10.1. The molecule has 204 valence electrons. The number of allylic oxidation sites excluding steroid dienone is 1. The van der Waals surface area contributed by atoms with Gasteiger partial charge in [-0.25, -0.2) is 9.59 Å². The van der Waals surface area contributed by atoms with Crippen LogP contribution in [0.1, 0.15) is 64.3 Å². The van der Waals surface area contributed by atoms with Gasteiger partial charge in [0, 0.05) is 11.7 Å². The average Bonchev–Trinajstić information content (AvgIpc) is 3.24. The highest BCUT2D eigenvalue weighted by molar-refractivity contribution is 6.22. The first-order valence-corrected chi connectivity index (χ1v) is 13.0. The molecule has 2 amide bonds. The summed E-state index contributed by atoms with van der Waals surface area (Å²) in [5.41, 5.74) is 7.34. The van der Waals surface area contributed by atoms with Crippen molar-refractivity contribution >= 4 is 29.4 Å². The summed E-state index contributed by atoms with van der Waals surface area (Å²) in [6.07, 6.45) is 4.47. The van der Waals surface area contributed by atoms with Crippen LogP contribution in [0.15, 0.2) is 71.2 Å². The summed E-state index contributed by atoms with van der Waals surface area (Å²) in [7, 11) is 2.33. The van der Waals surface area contributed by atoms with Crippen LogP contribution >= 0.6 is 0 Å². The first kappa shape index (κ1) is 26.7. The normalized spacial score (nSPS) is 19.5. The van der Waals surface area contributed by atoms with E-state index in [1.165, 1.54) is 35.1 Å². The number of imide groups is 1. The Labute approximate surface area is 231 Å². The van der Waals surface area contributed by atoms with E-state index in [4.69, 9.17) is 15.2 Å². The van der Waals surface area contributed by atoms with Crippen molar-refractivity contribution in [2.75, 3.05) is 19.1 Å². The van der Waals surface area contributed by atoms with Gasteiger partial charge in [0.1, 0.15) is 11.5 Å². The number of nitriles is 1. The molecule has 0 bridgehead atoms. The van der Waals surface area contributed by atoms with Crippen molar-refractivity contribution in [1.29, 1.82) is 5.26 Å². The second kappa shape index (κ2) is 10.7. The highest BCUT2D eigenvalue weighted by Gasteiger charge is 2.45. The maximum atomic E-state index is 13.5. The third-order valence-corrected chi connectivity index (χ3v) is 7.71. The zero-order valence-electron chi connectivity index (χ0n) is 22.2. The number of carbonyl (C=O) groups excluding carboxylic acids is 4. The molecule has 0 spiro atoms. The largest absolute Gasteiger partial charge is 0.466 e. The molecule has 1 atom stereocenters. The van der Waals surface area contributed by atoms with E-state index >= 15 is 0 Å². The third kappa shape index (κ3) is 4.20. The van der Waals surface area contributed by atoms with E-state index in [2.05, 4.69) is 6.07 Å². The molecular formula is C30H28N4O6. The Kier molecular flexibility index (Phi) is 7.13. The van der Waals surface area contributed by atoms with Gasteiger partial charge >= 0.3 is 11.9 Å². The van der Waals surface area contributed by atoms with Crippen molar-refractivity contribution in [2.24, 2.45) is 5.73 Å². The van der Waals surface area contributed by atoms with Crippen molar-refractivity contribution in [3.8, 4) is 6.07 Å². The summed E-state index contributed by atoms with van der Waals surface area (Å²) in [6, 6.07) is 15.1. The Morgan fingerprint density at radius 1 is 0.925 bits per heavy atom. The molecule has 0 aromatic heterocycles. The number of carbonyl (C=O) groups is 4. The lowest BCUT2D eigenvalue weighted by Crippen LogP contribution is -2.41. The van der Waals surface area contributed by atoms with Crippen LogP contribution in [-0.4, -0.2) is 48.9 Å². The Bertz CT molecular complexity index is 1510. The predicted molar refractivity (Wildman–Crippen MR) is 143 cm³/mol. The molecule has 0 saturated heterocycles. The van der Waals surface area contributed by atoms with Crippen LogP contribution in [0.5, 0.6) is 0 Å². The molecule has 3 aliphatic rings. The number of fused-ring (bicyclic) bond motifs is 1. The van der Waals surface area contributed by atoms with Crippen molar-refractivity contribution in [1.82, 2.24) is 4.90 Å². The van der Waals surface area contributed by atoms with E-state index in [-0.39, 0.29) is 51.4 Å². The lowest BCUT2D eigenvalue weighted by atomic mass is 9.81. The van der Waals surface area contributed by atoms with Crippen molar-refractivity contribution in [2.45, 2.75) is 44.1 Å². The SMILES string of the molecule is COC(=O)C1=C(C(=O)OC)N(c2ccc3c(c2)C(=O)N(C2CCCCC2)C3=O)C(N)=C(C#N)C1c1ccccc1. The van der Waals surface area contributed by atoms with Crippen molar-refractivity contribution in [3.63, 3.8) is 0 Å². The van der Waals surface area contributed by atoms with Crippen molar-refractivity contribution < 1.29 is 28.7 Å². The maximum Gasteiger partial charge on any atom is 0.355 e. The first-order chi connectivity index (χ1) is 19.3. The van der Waals surface area contributed by atoms with Gasteiger partial charge in [0.2, 0.25) is 0 Å². The van der Waals surface area contributed by atoms with Gasteiger partial charge < -0.3 is 15.2 Å². The van der Waals surface area contributed by atoms with E-state index in [1.807, 2.05) is 0 Å². The Morgan fingerprint density at radius 3 is 2.20 bits per heavy atom. The molecule has 2 heterocycles. The Hall–Kier alpha value is -4.91. The summed E-state index contributed by atoms with van der Waals surface area (Å²) in [4.78, 5) is 55.8. The minimum absolute atomic E-state index is 0.00554. The highest BCUT2D eigenvalue weighted by atomic mass is 16.5. The molecule has 1 unspecified atom stereocenters. The van der Waals surface area contributed by atoms with Gasteiger partial charge in [0.05, 0.1) is 48.5 Å². The van der Waals surface area contributed by atoms with Crippen LogP contribution < -0.4 is 10.6 Å². The van der Waals surface area contributed by atoms with Gasteiger partial charge in [-0.2, -0.15) is 5.26 Å². The van der Waals surface area contributed by atoms with Crippen LogP contribution in [-0.2, 0) is 19.1 Å². The first-order valence-electron chi connectivity index (χ1n) is 13.0. The second-order valence-electron chi connectivity index (χ2n) is 9.84. The van der Waals surface area contributed by atoms with E-state index in [0.29, 0.717) is 5.56 Å². The average molecular weight is 541 g/mol. The fourth-order valence-electron chi connectivity index (χ4n) is 5.84. The molecule has 1 aliphatic carbocycles. The fraction of sp³-hybridized carbons (Fsp3) is 0.300. The van der Waals surface area contributed by atoms with E-state index in [0.717, 1.165) is 39.2 Å². The number of amides is 2. The lowest BCUT2D eigenvalue weighted by Gasteiger charge is -2.36. The predicted octanol–water partition coefficient (Wildman–Crippen LogP) is 3.51. The molecular weight excluding hydrogens is 512 g/mol. The summed E-state index contributed by atoms with van der Waals surface area (Å²) in [6.45, 7) is 0. The summed E-state index contributed by atoms with van der Waals surface area (Å²) >= 11 is 0. The van der Waals surface area contributed by atoms with Crippen molar-refractivity contribution in [3.05, 3.63) is 87.9 Å². The lowest BCUT2D eigenvalue weighted by molar-refractivity contribution is -0.139. The fourth-order valence-corrected chi connectivity index (χ4v) is 5.84. The third-order valence-electron chi connectivity index (χ3n) is 7.71. The minimum Gasteiger partial charge on any atom is -0.466 e. The number of anilines is 1. The molecule has 10 nitrogen and oxygen atoms in total. The van der Waals surface area contributed by atoms with Crippen LogP contribution in [0.3, 0.4) is 0 Å². The molecule has 0 radical (unpaired) electrons. The van der Waals surface area contributed by atoms with Gasteiger partial charge in [-0.15, -0.1) is 0 Å². The van der Waals surface area contributed by atoms with E-state index < -0.39 is 23.8 Å². The zero-order valence-corrected chi connectivity index (χ0v) is 22.2. The highest BCUT2D eigenvalue weighted by Crippen LogP contribution is 2.44. The second-order valence-corrected chi connectivity index (χ2v) is 9.84.